The summed E-state index contributed by atoms with van der Waals surface area (Å²) in [5.41, 5.74) is 4.80. The summed E-state index contributed by atoms with van der Waals surface area (Å²) in [5, 5.41) is 13.3. The highest BCUT2D eigenvalue weighted by Gasteiger charge is 2.40. The number of hydrogen-bond acceptors (Lipinski definition) is 5. The monoisotopic (exact) mass is 528 g/mol. The fourth-order valence-corrected chi connectivity index (χ4v) is 6.75. The van der Waals surface area contributed by atoms with E-state index in [2.05, 4.69) is 29.2 Å². The van der Waals surface area contributed by atoms with Crippen molar-refractivity contribution in [3.8, 4) is 22.4 Å². The van der Waals surface area contributed by atoms with Gasteiger partial charge in [-0.25, -0.2) is 9.97 Å². The molecular weight excluding hydrogens is 496 g/mol. The molecule has 3 aromatic heterocycles. The van der Waals surface area contributed by atoms with Gasteiger partial charge in [-0.05, 0) is 42.9 Å². The Labute approximate surface area is 226 Å². The van der Waals surface area contributed by atoms with E-state index in [0.29, 0.717) is 17.5 Å². The molecule has 1 N–H and O–H groups in total. The van der Waals surface area contributed by atoms with E-state index in [9.17, 15) is 14.7 Å². The third kappa shape index (κ3) is 4.97. The summed E-state index contributed by atoms with van der Waals surface area (Å²) in [6, 6.07) is 12.5. The number of hydrogen-bond donors (Lipinski definition) is 1. The maximum Gasteiger partial charge on any atom is 0.304 e. The minimum atomic E-state index is -0.908. The Morgan fingerprint density at radius 2 is 1.89 bits per heavy atom. The van der Waals surface area contributed by atoms with Crippen LogP contribution in [0.4, 0.5) is 5.13 Å². The van der Waals surface area contributed by atoms with Crippen LogP contribution in [-0.4, -0.2) is 37.6 Å². The Bertz CT molecular complexity index is 1480. The van der Waals surface area contributed by atoms with Gasteiger partial charge in [0.05, 0.1) is 12.1 Å². The number of carboxylic acids is 1. The highest BCUT2D eigenvalue weighted by atomic mass is 32.1. The van der Waals surface area contributed by atoms with Gasteiger partial charge < -0.3 is 9.67 Å². The Hall–Kier alpha value is -3.52. The number of anilines is 1. The first kappa shape index (κ1) is 24.8. The van der Waals surface area contributed by atoms with Gasteiger partial charge in [0.25, 0.3) is 0 Å². The van der Waals surface area contributed by atoms with E-state index in [-0.39, 0.29) is 18.4 Å². The first-order chi connectivity index (χ1) is 18.5. The molecule has 1 aromatic carbocycles. The quantitative estimate of drug-likeness (QED) is 0.267. The van der Waals surface area contributed by atoms with Crippen LogP contribution >= 0.6 is 11.3 Å². The first-order valence-corrected chi connectivity index (χ1v) is 14.4. The molecule has 1 amide bonds. The maximum absolute atomic E-state index is 13.8. The number of aryl methyl sites for hydroxylation is 1. The molecule has 1 atom stereocenters. The molecule has 2 aliphatic carbocycles. The summed E-state index contributed by atoms with van der Waals surface area (Å²) in [6.07, 6.45) is 10.8. The number of amides is 1. The number of aromatic nitrogens is 3. The predicted molar refractivity (Wildman–Crippen MR) is 150 cm³/mol. The van der Waals surface area contributed by atoms with Crippen LogP contribution in [-0.2, 0) is 16.6 Å². The summed E-state index contributed by atoms with van der Waals surface area (Å²) >= 11 is 1.47. The maximum atomic E-state index is 13.8. The topological polar surface area (TPSA) is 88.3 Å². The Morgan fingerprint density at radius 1 is 1.13 bits per heavy atom. The number of aliphatic carboxylic acids is 1. The molecule has 2 fully saturated rings. The molecule has 8 heteroatoms. The molecule has 0 bridgehead atoms. The lowest BCUT2D eigenvalue weighted by Gasteiger charge is -2.26. The van der Waals surface area contributed by atoms with E-state index in [4.69, 9.17) is 4.98 Å². The summed E-state index contributed by atoms with van der Waals surface area (Å²) in [5.74, 6) is -1.04. The van der Waals surface area contributed by atoms with Gasteiger partial charge in [0.2, 0.25) is 5.91 Å². The van der Waals surface area contributed by atoms with Crippen molar-refractivity contribution >= 4 is 39.4 Å². The number of carbonyl (C=O) groups excluding carboxylic acids is 1. The van der Waals surface area contributed by atoms with Crippen LogP contribution in [0.5, 0.6) is 0 Å². The van der Waals surface area contributed by atoms with E-state index in [1.165, 1.54) is 24.2 Å². The molecule has 4 aromatic rings. The van der Waals surface area contributed by atoms with Crippen LogP contribution in [0.2, 0.25) is 0 Å². The minimum absolute atomic E-state index is 0.0743. The van der Waals surface area contributed by atoms with Crippen LogP contribution in [0, 0.1) is 11.8 Å². The van der Waals surface area contributed by atoms with Crippen LogP contribution < -0.4 is 4.90 Å². The second-order valence-corrected chi connectivity index (χ2v) is 11.6. The lowest BCUT2D eigenvalue weighted by molar-refractivity contribution is -0.141. The molecule has 2 aliphatic rings. The fourth-order valence-electron chi connectivity index (χ4n) is 5.85. The molecule has 0 spiro atoms. The number of nitrogens with zero attached hydrogens (tertiary/aromatic N) is 4. The number of fused-ring (bicyclic) bond motifs is 1. The van der Waals surface area contributed by atoms with E-state index < -0.39 is 11.9 Å². The van der Waals surface area contributed by atoms with Gasteiger partial charge in [0, 0.05) is 53.3 Å². The summed E-state index contributed by atoms with van der Waals surface area (Å²) < 4.78 is 2.01. The van der Waals surface area contributed by atoms with E-state index >= 15 is 0 Å². The molecule has 196 valence electrons. The lowest BCUT2D eigenvalue weighted by Crippen LogP contribution is -2.39. The molecule has 6 rings (SSSR count). The van der Waals surface area contributed by atoms with Crippen molar-refractivity contribution in [2.24, 2.45) is 18.9 Å². The van der Waals surface area contributed by atoms with E-state index in [0.717, 1.165) is 59.1 Å². The van der Waals surface area contributed by atoms with Crippen molar-refractivity contribution in [3.05, 3.63) is 54.2 Å². The molecule has 0 saturated heterocycles. The fraction of sp³-hybridized carbons (Fsp3) is 0.400. The van der Waals surface area contributed by atoms with Crippen molar-refractivity contribution in [3.63, 3.8) is 0 Å². The summed E-state index contributed by atoms with van der Waals surface area (Å²) in [6.45, 7) is 0. The van der Waals surface area contributed by atoms with Crippen molar-refractivity contribution < 1.29 is 14.7 Å². The van der Waals surface area contributed by atoms with Crippen molar-refractivity contribution in [2.45, 2.75) is 57.4 Å². The molecule has 1 unspecified atom stereocenters. The normalized spacial score (nSPS) is 16.7. The van der Waals surface area contributed by atoms with Gasteiger partial charge in [0.15, 0.2) is 5.13 Å². The van der Waals surface area contributed by atoms with Gasteiger partial charge in [-0.1, -0.05) is 49.9 Å². The second kappa shape index (κ2) is 10.3. The smallest absolute Gasteiger partial charge is 0.304 e. The van der Waals surface area contributed by atoms with E-state index in [1.54, 1.807) is 0 Å². The molecular formula is C30H32N4O3S. The molecule has 3 heterocycles. The van der Waals surface area contributed by atoms with Crippen molar-refractivity contribution in [1.29, 1.82) is 0 Å². The van der Waals surface area contributed by atoms with Gasteiger partial charge in [-0.15, -0.1) is 11.3 Å². The largest absolute Gasteiger partial charge is 0.481 e. The van der Waals surface area contributed by atoms with Gasteiger partial charge in [0.1, 0.15) is 5.65 Å². The van der Waals surface area contributed by atoms with Crippen LogP contribution in [0.25, 0.3) is 33.4 Å². The van der Waals surface area contributed by atoms with E-state index in [1.807, 2.05) is 46.4 Å². The van der Waals surface area contributed by atoms with Gasteiger partial charge in [-0.3, -0.25) is 14.5 Å². The SMILES string of the molecule is Cn1ccc2cc(-c3ccccc3-c3csc(N(C(=O)C(CC(=O)O)CC4CCCC4)C4CC4)n3)cnc21. The number of thiazole rings is 1. The Kier molecular flexibility index (Phi) is 6.74. The predicted octanol–water partition coefficient (Wildman–Crippen LogP) is 6.53. The molecule has 38 heavy (non-hydrogen) atoms. The Balaban J connectivity index is 1.31. The molecule has 7 nitrogen and oxygen atoms in total. The highest BCUT2D eigenvalue weighted by Crippen LogP contribution is 2.40. The van der Waals surface area contributed by atoms with Gasteiger partial charge in [-0.2, -0.15) is 0 Å². The van der Waals surface area contributed by atoms with Crippen molar-refractivity contribution in [1.82, 2.24) is 14.5 Å². The molecule has 2 saturated carbocycles. The van der Waals surface area contributed by atoms with Crippen molar-refractivity contribution in [2.75, 3.05) is 4.90 Å². The van der Waals surface area contributed by atoms with Crippen LogP contribution in [0.1, 0.15) is 51.4 Å². The minimum Gasteiger partial charge on any atom is -0.481 e. The number of rotatable bonds is 9. The summed E-state index contributed by atoms with van der Waals surface area (Å²) in [7, 11) is 1.99. The lowest BCUT2D eigenvalue weighted by atomic mass is 9.90. The van der Waals surface area contributed by atoms with Crippen LogP contribution in [0.15, 0.2) is 54.2 Å². The highest BCUT2D eigenvalue weighted by molar-refractivity contribution is 7.14. The number of carboxylic acid groups (broad SMARTS) is 1. The number of carbonyl (C=O) groups is 2. The van der Waals surface area contributed by atoms with Crippen LogP contribution in [0.3, 0.4) is 0 Å². The number of pyridine rings is 1. The summed E-state index contributed by atoms with van der Waals surface area (Å²) in [4.78, 5) is 37.0. The number of benzene rings is 1. The zero-order chi connectivity index (χ0) is 26.2. The standard InChI is InChI=1S/C30H32N4O3S/c1-33-13-12-20-15-22(17-31-28(20)33)24-8-4-5-9-25(24)26-18-38-30(32-26)34(23-10-11-23)29(37)21(16-27(35)36)14-19-6-2-3-7-19/h4-5,8-9,12-13,15,17-19,21,23H,2-3,6-7,10-11,14,16H2,1H3,(H,35,36). The zero-order valence-corrected chi connectivity index (χ0v) is 22.4. The zero-order valence-electron chi connectivity index (χ0n) is 21.5. The molecule has 0 radical (unpaired) electrons. The third-order valence-electron chi connectivity index (χ3n) is 7.93. The average Bonchev–Trinajstić information content (AvgIpc) is 3.27. The first-order valence-electron chi connectivity index (χ1n) is 13.5. The third-order valence-corrected chi connectivity index (χ3v) is 8.77. The molecule has 0 aliphatic heterocycles. The van der Waals surface area contributed by atoms with Gasteiger partial charge >= 0.3 is 5.97 Å². The average molecular weight is 529 g/mol. The second-order valence-electron chi connectivity index (χ2n) is 10.7. The Morgan fingerprint density at radius 3 is 2.63 bits per heavy atom.